The highest BCUT2D eigenvalue weighted by atomic mass is 19.4. The molecule has 0 aromatic heterocycles. The summed E-state index contributed by atoms with van der Waals surface area (Å²) < 4.78 is 77.8. The first-order valence-corrected chi connectivity index (χ1v) is 2.90. The topological polar surface area (TPSA) is 35.5 Å². The van der Waals surface area contributed by atoms with Gasteiger partial charge in [0.25, 0.3) is 0 Å². The van der Waals surface area contributed by atoms with Crippen molar-refractivity contribution in [1.82, 2.24) is 0 Å². The standard InChI is InChI=1S/C5F6O3/c6-1-2(7)14-4(8,3(12)13-1)5(9,10)11. The number of halogens is 6. The zero-order chi connectivity index (χ0) is 11.1. The first-order chi connectivity index (χ1) is 6.18. The van der Waals surface area contributed by atoms with Crippen molar-refractivity contribution in [3.8, 4) is 0 Å². The molecule has 1 aliphatic rings. The third kappa shape index (κ3) is 1.38. The Morgan fingerprint density at radius 3 is 2.07 bits per heavy atom. The molecule has 1 heterocycles. The van der Waals surface area contributed by atoms with E-state index in [2.05, 4.69) is 9.47 Å². The molecule has 1 unspecified atom stereocenters. The van der Waals surface area contributed by atoms with E-state index in [4.69, 9.17) is 0 Å². The van der Waals surface area contributed by atoms with Crippen molar-refractivity contribution in [1.29, 1.82) is 0 Å². The Balaban J connectivity index is 3.11. The molecule has 9 heteroatoms. The minimum atomic E-state index is -5.86. The van der Waals surface area contributed by atoms with Gasteiger partial charge >= 0.3 is 30.0 Å². The van der Waals surface area contributed by atoms with Crippen molar-refractivity contribution >= 4 is 5.97 Å². The number of rotatable bonds is 0. The Bertz CT molecular complexity index is 307. The van der Waals surface area contributed by atoms with Gasteiger partial charge in [-0.3, -0.25) is 0 Å². The monoisotopic (exact) mass is 222 g/mol. The molecule has 0 amide bonds. The van der Waals surface area contributed by atoms with Crippen molar-refractivity contribution in [3.63, 3.8) is 0 Å². The molecule has 0 spiro atoms. The first-order valence-electron chi connectivity index (χ1n) is 2.90. The van der Waals surface area contributed by atoms with E-state index in [9.17, 15) is 31.1 Å². The predicted octanol–water partition coefficient (Wildman–Crippen LogP) is 1.85. The first kappa shape index (κ1) is 10.7. The lowest BCUT2D eigenvalue weighted by Gasteiger charge is -2.27. The molecule has 0 N–H and O–H groups in total. The zero-order valence-corrected chi connectivity index (χ0v) is 5.99. The van der Waals surface area contributed by atoms with Gasteiger partial charge in [-0.25, -0.2) is 4.79 Å². The number of alkyl halides is 4. The lowest BCUT2D eigenvalue weighted by atomic mass is 10.3. The minimum Gasteiger partial charge on any atom is -0.412 e. The molecule has 1 aliphatic heterocycles. The summed E-state index contributed by atoms with van der Waals surface area (Å²) >= 11 is 0. The fraction of sp³-hybridized carbons (Fsp3) is 0.400. The van der Waals surface area contributed by atoms with Gasteiger partial charge in [-0.1, -0.05) is 0 Å². The molecule has 14 heavy (non-hydrogen) atoms. The van der Waals surface area contributed by atoms with Crippen LogP contribution in [0.5, 0.6) is 0 Å². The molecule has 80 valence electrons. The van der Waals surface area contributed by atoms with Crippen LogP contribution in [0, 0.1) is 0 Å². The zero-order valence-electron chi connectivity index (χ0n) is 5.99. The van der Waals surface area contributed by atoms with E-state index in [1.54, 1.807) is 0 Å². The molecule has 0 fully saturated rings. The van der Waals surface area contributed by atoms with Gasteiger partial charge in [-0.05, 0) is 0 Å². The van der Waals surface area contributed by atoms with E-state index in [0.717, 1.165) is 0 Å². The Kier molecular flexibility index (Phi) is 2.13. The largest absolute Gasteiger partial charge is 0.472 e. The Morgan fingerprint density at radius 1 is 1.14 bits per heavy atom. The van der Waals surface area contributed by atoms with Crippen LogP contribution in [0.2, 0.25) is 0 Å². The summed E-state index contributed by atoms with van der Waals surface area (Å²) in [7, 11) is 0. The van der Waals surface area contributed by atoms with Gasteiger partial charge in [0, 0.05) is 0 Å². The summed E-state index contributed by atoms with van der Waals surface area (Å²) in [6, 6.07) is -4.93. The molecule has 0 saturated carbocycles. The Hall–Kier alpha value is -1.41. The second kappa shape index (κ2) is 2.79. The second-order valence-corrected chi connectivity index (χ2v) is 2.13. The number of ether oxygens (including phenoxy) is 2. The van der Waals surface area contributed by atoms with Gasteiger partial charge in [0.2, 0.25) is 0 Å². The van der Waals surface area contributed by atoms with Gasteiger partial charge in [0.05, 0.1) is 0 Å². The highest BCUT2D eigenvalue weighted by Gasteiger charge is 2.69. The second-order valence-electron chi connectivity index (χ2n) is 2.13. The van der Waals surface area contributed by atoms with Gasteiger partial charge < -0.3 is 9.47 Å². The van der Waals surface area contributed by atoms with E-state index in [-0.39, 0.29) is 0 Å². The van der Waals surface area contributed by atoms with Crippen molar-refractivity contribution in [2.75, 3.05) is 0 Å². The predicted molar refractivity (Wildman–Crippen MR) is 26.3 cm³/mol. The Labute approximate surface area is 71.9 Å². The molecule has 3 nitrogen and oxygen atoms in total. The van der Waals surface area contributed by atoms with Crippen LogP contribution in [0.4, 0.5) is 26.3 Å². The van der Waals surface area contributed by atoms with Gasteiger partial charge in [0.15, 0.2) is 0 Å². The fourth-order valence-corrected chi connectivity index (χ4v) is 0.566. The van der Waals surface area contributed by atoms with Crippen LogP contribution in [-0.4, -0.2) is 18.0 Å². The summed E-state index contributed by atoms with van der Waals surface area (Å²) in [6.45, 7) is 0. The van der Waals surface area contributed by atoms with Crippen molar-refractivity contribution < 1.29 is 40.6 Å². The lowest BCUT2D eigenvalue weighted by Crippen LogP contribution is -2.52. The van der Waals surface area contributed by atoms with Crippen LogP contribution in [0.15, 0.2) is 12.0 Å². The molecular weight excluding hydrogens is 222 g/mol. The van der Waals surface area contributed by atoms with E-state index in [0.29, 0.717) is 0 Å². The third-order valence-corrected chi connectivity index (χ3v) is 1.19. The smallest absolute Gasteiger partial charge is 0.412 e. The summed E-state index contributed by atoms with van der Waals surface area (Å²) in [6.07, 6.45) is -5.86. The van der Waals surface area contributed by atoms with Crippen LogP contribution in [0.25, 0.3) is 0 Å². The Morgan fingerprint density at radius 2 is 1.64 bits per heavy atom. The van der Waals surface area contributed by atoms with Gasteiger partial charge in [0.1, 0.15) is 0 Å². The molecular formula is C5F6O3. The number of cyclic esters (lactones) is 1. The normalized spacial score (nSPS) is 28.6. The summed E-state index contributed by atoms with van der Waals surface area (Å²) in [5, 5.41) is 0. The van der Waals surface area contributed by atoms with Gasteiger partial charge in [-0.2, -0.15) is 26.3 Å². The number of carbonyl (C=O) groups excluding carboxylic acids is 1. The minimum absolute atomic E-state index is 2.35. The number of hydrogen-bond acceptors (Lipinski definition) is 3. The average molecular weight is 222 g/mol. The third-order valence-electron chi connectivity index (χ3n) is 1.19. The SMILES string of the molecule is O=C1OC(F)=C(F)OC1(F)C(F)(F)F. The van der Waals surface area contributed by atoms with Crippen LogP contribution < -0.4 is 0 Å². The highest BCUT2D eigenvalue weighted by Crippen LogP contribution is 2.41. The molecule has 1 rings (SSSR count). The fourth-order valence-electron chi connectivity index (χ4n) is 0.566. The van der Waals surface area contributed by atoms with Crippen molar-refractivity contribution in [3.05, 3.63) is 12.0 Å². The molecule has 0 aromatic rings. The maximum absolute atomic E-state index is 12.6. The molecule has 0 radical (unpaired) electrons. The lowest BCUT2D eigenvalue weighted by molar-refractivity contribution is -0.326. The summed E-state index contributed by atoms with van der Waals surface area (Å²) in [5.74, 6) is -7.73. The maximum atomic E-state index is 12.6. The van der Waals surface area contributed by atoms with E-state index < -0.39 is 30.0 Å². The van der Waals surface area contributed by atoms with Crippen molar-refractivity contribution in [2.45, 2.75) is 12.0 Å². The molecule has 0 aliphatic carbocycles. The molecule has 1 atom stereocenters. The maximum Gasteiger partial charge on any atom is 0.472 e. The molecule has 0 bridgehead atoms. The molecule has 0 aromatic carbocycles. The van der Waals surface area contributed by atoms with Crippen LogP contribution in [0.1, 0.15) is 0 Å². The highest BCUT2D eigenvalue weighted by molar-refractivity contribution is 5.80. The van der Waals surface area contributed by atoms with E-state index in [1.807, 2.05) is 0 Å². The van der Waals surface area contributed by atoms with Crippen LogP contribution >= 0.6 is 0 Å². The quantitative estimate of drug-likeness (QED) is 0.463. The summed E-state index contributed by atoms with van der Waals surface area (Å²) in [4.78, 5) is 10.2. The van der Waals surface area contributed by atoms with E-state index in [1.165, 1.54) is 0 Å². The number of hydrogen-bond donors (Lipinski definition) is 0. The molecule has 0 saturated heterocycles. The number of carbonyl (C=O) groups is 1. The summed E-state index contributed by atoms with van der Waals surface area (Å²) in [5.41, 5.74) is 0. The number of esters is 1. The van der Waals surface area contributed by atoms with Crippen LogP contribution in [-0.2, 0) is 14.3 Å². The van der Waals surface area contributed by atoms with Crippen LogP contribution in [0.3, 0.4) is 0 Å². The van der Waals surface area contributed by atoms with Crippen molar-refractivity contribution in [2.24, 2.45) is 0 Å². The van der Waals surface area contributed by atoms with E-state index >= 15 is 0 Å². The van der Waals surface area contributed by atoms with Gasteiger partial charge in [-0.15, -0.1) is 0 Å². The average Bonchev–Trinajstić information content (AvgIpc) is 1.99.